The number of rotatable bonds is 4. The standard InChI is InChI=1S/C15H13BrClF2N/c1-20-14(12-3-2-4-13(17)15(12)19)7-9-5-10(16)8-11(18)6-9/h2-6,8,14,20H,7H2,1H3. The highest BCUT2D eigenvalue weighted by Gasteiger charge is 2.17. The lowest BCUT2D eigenvalue weighted by Crippen LogP contribution is -2.20. The van der Waals surface area contributed by atoms with Crippen molar-refractivity contribution in [2.24, 2.45) is 0 Å². The quantitative estimate of drug-likeness (QED) is 0.819. The Morgan fingerprint density at radius 2 is 2.00 bits per heavy atom. The van der Waals surface area contributed by atoms with Gasteiger partial charge in [-0.25, -0.2) is 8.78 Å². The van der Waals surface area contributed by atoms with E-state index < -0.39 is 5.82 Å². The maximum atomic E-state index is 14.0. The van der Waals surface area contributed by atoms with E-state index in [9.17, 15) is 8.78 Å². The van der Waals surface area contributed by atoms with Gasteiger partial charge in [-0.15, -0.1) is 0 Å². The molecule has 1 atom stereocenters. The molecule has 106 valence electrons. The Morgan fingerprint density at radius 3 is 2.65 bits per heavy atom. The highest BCUT2D eigenvalue weighted by atomic mass is 79.9. The van der Waals surface area contributed by atoms with Gasteiger partial charge in [-0.2, -0.15) is 0 Å². The third-order valence-corrected chi connectivity index (χ3v) is 3.82. The summed E-state index contributed by atoms with van der Waals surface area (Å²) in [5.41, 5.74) is 1.25. The monoisotopic (exact) mass is 359 g/mol. The third kappa shape index (κ3) is 3.57. The van der Waals surface area contributed by atoms with Gasteiger partial charge in [-0.3, -0.25) is 0 Å². The lowest BCUT2D eigenvalue weighted by Gasteiger charge is -2.18. The van der Waals surface area contributed by atoms with Crippen molar-refractivity contribution in [3.63, 3.8) is 0 Å². The third-order valence-electron chi connectivity index (χ3n) is 3.07. The largest absolute Gasteiger partial charge is 0.313 e. The van der Waals surface area contributed by atoms with Gasteiger partial charge in [0.05, 0.1) is 5.02 Å². The van der Waals surface area contributed by atoms with E-state index in [1.54, 1.807) is 19.2 Å². The fourth-order valence-corrected chi connectivity index (χ4v) is 2.82. The van der Waals surface area contributed by atoms with E-state index in [2.05, 4.69) is 21.2 Å². The molecular weight excluding hydrogens is 348 g/mol. The minimum absolute atomic E-state index is 0.0863. The molecule has 0 aromatic heterocycles. The van der Waals surface area contributed by atoms with Crippen LogP contribution >= 0.6 is 27.5 Å². The van der Waals surface area contributed by atoms with Crippen LogP contribution in [0.25, 0.3) is 0 Å². The van der Waals surface area contributed by atoms with Crippen LogP contribution in [0.1, 0.15) is 17.2 Å². The minimum Gasteiger partial charge on any atom is -0.313 e. The fourth-order valence-electron chi connectivity index (χ4n) is 2.12. The lowest BCUT2D eigenvalue weighted by molar-refractivity contribution is 0.532. The number of likely N-dealkylation sites (N-methyl/N-ethyl adjacent to an activating group) is 1. The Hall–Kier alpha value is -0.970. The van der Waals surface area contributed by atoms with Crippen molar-refractivity contribution in [3.8, 4) is 0 Å². The highest BCUT2D eigenvalue weighted by molar-refractivity contribution is 9.10. The van der Waals surface area contributed by atoms with Crippen LogP contribution in [0.4, 0.5) is 8.78 Å². The van der Waals surface area contributed by atoms with Crippen molar-refractivity contribution in [2.45, 2.75) is 12.5 Å². The van der Waals surface area contributed by atoms with Crippen LogP contribution in [0.5, 0.6) is 0 Å². The first-order chi connectivity index (χ1) is 9.51. The Kier molecular flexibility index (Phi) is 5.13. The van der Waals surface area contributed by atoms with Gasteiger partial charge in [0.2, 0.25) is 0 Å². The van der Waals surface area contributed by atoms with Gasteiger partial charge in [0.25, 0.3) is 0 Å². The fraction of sp³-hybridized carbons (Fsp3) is 0.200. The maximum Gasteiger partial charge on any atom is 0.146 e. The molecular formula is C15H13BrClF2N. The molecule has 2 rings (SSSR count). The second-order valence-electron chi connectivity index (χ2n) is 4.47. The Morgan fingerprint density at radius 1 is 1.25 bits per heavy atom. The van der Waals surface area contributed by atoms with Crippen molar-refractivity contribution >= 4 is 27.5 Å². The summed E-state index contributed by atoms with van der Waals surface area (Å²) in [6, 6.07) is 9.25. The summed E-state index contributed by atoms with van der Waals surface area (Å²) in [6.07, 6.45) is 0.462. The molecule has 0 aliphatic heterocycles. The molecule has 0 radical (unpaired) electrons. The predicted octanol–water partition coefficient (Wildman–Crippen LogP) is 4.88. The molecule has 0 fully saturated rings. The molecule has 2 aromatic rings. The van der Waals surface area contributed by atoms with Gasteiger partial charge >= 0.3 is 0 Å². The van der Waals surface area contributed by atoms with E-state index >= 15 is 0 Å². The molecule has 0 heterocycles. The summed E-state index contributed by atoms with van der Waals surface area (Å²) in [7, 11) is 1.74. The number of benzene rings is 2. The second kappa shape index (κ2) is 6.66. The van der Waals surface area contributed by atoms with Gasteiger partial charge in [0.1, 0.15) is 11.6 Å². The van der Waals surface area contributed by atoms with Crippen LogP contribution in [-0.4, -0.2) is 7.05 Å². The molecule has 0 aliphatic rings. The molecule has 5 heteroatoms. The van der Waals surface area contributed by atoms with E-state index in [1.165, 1.54) is 18.2 Å². The summed E-state index contributed by atoms with van der Waals surface area (Å²) in [4.78, 5) is 0. The molecule has 0 saturated carbocycles. The molecule has 0 spiro atoms. The van der Waals surface area contributed by atoms with Crippen molar-refractivity contribution in [2.75, 3.05) is 7.05 Å². The van der Waals surface area contributed by atoms with Crippen LogP contribution in [0, 0.1) is 11.6 Å². The average molecular weight is 361 g/mol. The van der Waals surface area contributed by atoms with Gasteiger partial charge in [0.15, 0.2) is 0 Å². The molecule has 1 nitrogen and oxygen atoms in total. The summed E-state index contributed by atoms with van der Waals surface area (Å²) in [6.45, 7) is 0. The highest BCUT2D eigenvalue weighted by Crippen LogP contribution is 2.26. The average Bonchev–Trinajstić information content (AvgIpc) is 2.38. The normalized spacial score (nSPS) is 12.4. The van der Waals surface area contributed by atoms with Crippen molar-refractivity contribution in [3.05, 3.63) is 68.7 Å². The molecule has 0 amide bonds. The van der Waals surface area contributed by atoms with Crippen LogP contribution < -0.4 is 5.32 Å². The van der Waals surface area contributed by atoms with Crippen molar-refractivity contribution in [1.29, 1.82) is 0 Å². The van der Waals surface area contributed by atoms with Gasteiger partial charge in [-0.1, -0.05) is 39.7 Å². The maximum absolute atomic E-state index is 14.0. The van der Waals surface area contributed by atoms with Gasteiger partial charge in [0, 0.05) is 16.1 Å². The molecule has 1 unspecified atom stereocenters. The first-order valence-corrected chi connectivity index (χ1v) is 7.24. The van der Waals surface area contributed by atoms with Crippen LogP contribution in [0.15, 0.2) is 40.9 Å². The summed E-state index contributed by atoms with van der Waals surface area (Å²) in [5.74, 6) is -0.764. The molecule has 0 bridgehead atoms. The molecule has 0 aliphatic carbocycles. The van der Waals surface area contributed by atoms with E-state index in [0.717, 1.165) is 5.56 Å². The molecule has 2 aromatic carbocycles. The predicted molar refractivity (Wildman–Crippen MR) is 81.0 cm³/mol. The number of halogens is 4. The van der Waals surface area contributed by atoms with Gasteiger partial charge < -0.3 is 5.32 Å². The Balaban J connectivity index is 2.31. The van der Waals surface area contributed by atoms with E-state index in [4.69, 9.17) is 11.6 Å². The topological polar surface area (TPSA) is 12.0 Å². The molecule has 0 saturated heterocycles. The van der Waals surface area contributed by atoms with Gasteiger partial charge in [-0.05, 0) is 43.3 Å². The molecule has 1 N–H and O–H groups in total. The SMILES string of the molecule is CNC(Cc1cc(F)cc(Br)c1)c1cccc(Cl)c1F. The zero-order valence-corrected chi connectivity index (χ0v) is 13.1. The van der Waals surface area contributed by atoms with E-state index in [-0.39, 0.29) is 16.9 Å². The first kappa shape index (κ1) is 15.4. The zero-order valence-electron chi connectivity index (χ0n) is 10.8. The number of hydrogen-bond acceptors (Lipinski definition) is 1. The summed E-state index contributed by atoms with van der Waals surface area (Å²) < 4.78 is 28.1. The minimum atomic E-state index is -0.441. The Bertz CT molecular complexity index is 599. The van der Waals surface area contributed by atoms with Crippen LogP contribution in [-0.2, 0) is 6.42 Å². The van der Waals surface area contributed by atoms with E-state index in [0.29, 0.717) is 16.5 Å². The number of hydrogen-bond donors (Lipinski definition) is 1. The second-order valence-corrected chi connectivity index (χ2v) is 5.79. The summed E-state index contributed by atoms with van der Waals surface area (Å²) in [5, 5.41) is 3.12. The van der Waals surface area contributed by atoms with Crippen LogP contribution in [0.2, 0.25) is 5.02 Å². The lowest BCUT2D eigenvalue weighted by atomic mass is 9.98. The van der Waals surface area contributed by atoms with E-state index in [1.807, 2.05) is 6.07 Å². The first-order valence-electron chi connectivity index (χ1n) is 6.07. The van der Waals surface area contributed by atoms with Crippen molar-refractivity contribution in [1.82, 2.24) is 5.32 Å². The number of nitrogens with one attached hydrogen (secondary N) is 1. The smallest absolute Gasteiger partial charge is 0.146 e. The summed E-state index contributed by atoms with van der Waals surface area (Å²) >= 11 is 9.05. The van der Waals surface area contributed by atoms with Crippen molar-refractivity contribution < 1.29 is 8.78 Å². The van der Waals surface area contributed by atoms with Crippen LogP contribution in [0.3, 0.4) is 0 Å². The zero-order chi connectivity index (χ0) is 14.7. The Labute approximate surface area is 130 Å². The molecule has 20 heavy (non-hydrogen) atoms.